The SMILES string of the molecule is CCCC(C#N)N1CCN(c2cccnc2C#N)CC1. The van der Waals surface area contributed by atoms with Gasteiger partial charge in [-0.25, -0.2) is 4.98 Å². The Balaban J connectivity index is 2.01. The average molecular weight is 269 g/mol. The van der Waals surface area contributed by atoms with Crippen molar-refractivity contribution in [3.8, 4) is 12.1 Å². The normalized spacial score (nSPS) is 17.2. The molecule has 20 heavy (non-hydrogen) atoms. The monoisotopic (exact) mass is 269 g/mol. The molecule has 0 saturated carbocycles. The van der Waals surface area contributed by atoms with Gasteiger partial charge < -0.3 is 4.90 Å². The van der Waals surface area contributed by atoms with Gasteiger partial charge in [0, 0.05) is 32.4 Å². The minimum absolute atomic E-state index is 0.0199. The molecule has 1 atom stereocenters. The van der Waals surface area contributed by atoms with E-state index in [0.717, 1.165) is 44.7 Å². The van der Waals surface area contributed by atoms with Gasteiger partial charge in [-0.15, -0.1) is 0 Å². The lowest BCUT2D eigenvalue weighted by atomic mass is 10.1. The lowest BCUT2D eigenvalue weighted by molar-refractivity contribution is 0.211. The zero-order chi connectivity index (χ0) is 14.4. The summed E-state index contributed by atoms with van der Waals surface area (Å²) in [5.41, 5.74) is 1.38. The molecule has 0 aromatic carbocycles. The average Bonchev–Trinajstić information content (AvgIpc) is 2.53. The molecule has 2 rings (SSSR count). The summed E-state index contributed by atoms with van der Waals surface area (Å²) in [5.74, 6) is 0. The summed E-state index contributed by atoms with van der Waals surface area (Å²) in [4.78, 5) is 8.52. The second kappa shape index (κ2) is 6.88. The van der Waals surface area contributed by atoms with Crippen LogP contribution in [0.2, 0.25) is 0 Å². The summed E-state index contributed by atoms with van der Waals surface area (Å²) in [6.45, 7) is 5.50. The van der Waals surface area contributed by atoms with Crippen LogP contribution < -0.4 is 4.90 Å². The van der Waals surface area contributed by atoms with Crippen LogP contribution in [-0.2, 0) is 0 Å². The number of nitriles is 2. The third-order valence-electron chi connectivity index (χ3n) is 3.70. The topological polar surface area (TPSA) is 67.0 Å². The van der Waals surface area contributed by atoms with Gasteiger partial charge in [-0.2, -0.15) is 10.5 Å². The Morgan fingerprint density at radius 3 is 2.65 bits per heavy atom. The van der Waals surface area contributed by atoms with E-state index < -0.39 is 0 Å². The van der Waals surface area contributed by atoms with E-state index in [0.29, 0.717) is 5.69 Å². The molecule has 1 aromatic heterocycles. The Labute approximate surface area is 120 Å². The molecule has 0 bridgehead atoms. The summed E-state index contributed by atoms with van der Waals surface area (Å²) in [6.07, 6.45) is 3.59. The zero-order valence-corrected chi connectivity index (χ0v) is 11.8. The van der Waals surface area contributed by atoms with Crippen LogP contribution in [0.5, 0.6) is 0 Å². The van der Waals surface area contributed by atoms with Crippen LogP contribution in [0, 0.1) is 22.7 Å². The molecule has 1 saturated heterocycles. The Hall–Kier alpha value is -2.11. The van der Waals surface area contributed by atoms with Crippen LogP contribution in [0.3, 0.4) is 0 Å². The molecule has 1 unspecified atom stereocenters. The summed E-state index contributed by atoms with van der Waals surface area (Å²) in [7, 11) is 0. The number of aromatic nitrogens is 1. The molecule has 0 radical (unpaired) electrons. The maximum absolute atomic E-state index is 9.22. The smallest absolute Gasteiger partial charge is 0.163 e. The second-order valence-corrected chi connectivity index (χ2v) is 4.94. The highest BCUT2D eigenvalue weighted by Gasteiger charge is 2.24. The number of anilines is 1. The summed E-state index contributed by atoms with van der Waals surface area (Å²) in [6, 6.07) is 8.35. The van der Waals surface area contributed by atoms with E-state index in [2.05, 4.69) is 33.8 Å². The Bertz CT molecular complexity index is 520. The highest BCUT2D eigenvalue weighted by Crippen LogP contribution is 2.20. The number of rotatable bonds is 4. The third kappa shape index (κ3) is 3.07. The second-order valence-electron chi connectivity index (χ2n) is 4.94. The number of hydrogen-bond acceptors (Lipinski definition) is 5. The summed E-state index contributed by atoms with van der Waals surface area (Å²) in [5, 5.41) is 18.3. The first-order chi connectivity index (χ1) is 9.80. The summed E-state index contributed by atoms with van der Waals surface area (Å²) < 4.78 is 0. The fraction of sp³-hybridized carbons (Fsp3) is 0.533. The van der Waals surface area contributed by atoms with Crippen molar-refractivity contribution in [2.75, 3.05) is 31.1 Å². The van der Waals surface area contributed by atoms with Gasteiger partial charge in [0.1, 0.15) is 6.07 Å². The van der Waals surface area contributed by atoms with Gasteiger partial charge in [-0.3, -0.25) is 4.90 Å². The van der Waals surface area contributed by atoms with E-state index in [1.165, 1.54) is 0 Å². The van der Waals surface area contributed by atoms with Crippen molar-refractivity contribution in [3.05, 3.63) is 24.0 Å². The third-order valence-corrected chi connectivity index (χ3v) is 3.70. The molecule has 2 heterocycles. The fourth-order valence-corrected chi connectivity index (χ4v) is 2.61. The predicted molar refractivity (Wildman–Crippen MR) is 77.0 cm³/mol. The first-order valence-corrected chi connectivity index (χ1v) is 7.04. The Morgan fingerprint density at radius 1 is 1.30 bits per heavy atom. The van der Waals surface area contributed by atoms with E-state index in [1.807, 2.05) is 12.1 Å². The van der Waals surface area contributed by atoms with Crippen molar-refractivity contribution in [1.29, 1.82) is 10.5 Å². The highest BCUT2D eigenvalue weighted by atomic mass is 15.3. The molecule has 0 N–H and O–H groups in total. The van der Waals surface area contributed by atoms with Crippen LogP contribution in [0.15, 0.2) is 18.3 Å². The first kappa shape index (κ1) is 14.3. The van der Waals surface area contributed by atoms with Crippen molar-refractivity contribution < 1.29 is 0 Å². The maximum atomic E-state index is 9.22. The van der Waals surface area contributed by atoms with E-state index in [-0.39, 0.29) is 6.04 Å². The van der Waals surface area contributed by atoms with Crippen molar-refractivity contribution in [1.82, 2.24) is 9.88 Å². The van der Waals surface area contributed by atoms with Gasteiger partial charge in [0.2, 0.25) is 0 Å². The number of hydrogen-bond donors (Lipinski definition) is 0. The van der Waals surface area contributed by atoms with E-state index in [9.17, 15) is 5.26 Å². The van der Waals surface area contributed by atoms with Crippen molar-refractivity contribution in [3.63, 3.8) is 0 Å². The zero-order valence-electron chi connectivity index (χ0n) is 11.8. The van der Waals surface area contributed by atoms with Crippen LogP contribution in [0.4, 0.5) is 5.69 Å². The highest BCUT2D eigenvalue weighted by molar-refractivity contribution is 5.55. The van der Waals surface area contributed by atoms with Crippen molar-refractivity contribution >= 4 is 5.69 Å². The molecule has 1 aliphatic heterocycles. The van der Waals surface area contributed by atoms with Gasteiger partial charge in [0.05, 0.1) is 17.8 Å². The van der Waals surface area contributed by atoms with E-state index >= 15 is 0 Å². The Morgan fingerprint density at radius 2 is 2.05 bits per heavy atom. The quantitative estimate of drug-likeness (QED) is 0.833. The number of piperazine rings is 1. The molecular weight excluding hydrogens is 250 g/mol. The molecular formula is C15H19N5. The van der Waals surface area contributed by atoms with E-state index in [4.69, 9.17) is 5.26 Å². The predicted octanol–water partition coefficient (Wildman–Crippen LogP) is 1.77. The van der Waals surface area contributed by atoms with Crippen LogP contribution in [-0.4, -0.2) is 42.1 Å². The molecule has 104 valence electrons. The van der Waals surface area contributed by atoms with Crippen molar-refractivity contribution in [2.45, 2.75) is 25.8 Å². The van der Waals surface area contributed by atoms with Gasteiger partial charge in [-0.05, 0) is 18.6 Å². The minimum atomic E-state index is 0.0199. The van der Waals surface area contributed by atoms with Gasteiger partial charge in [0.25, 0.3) is 0 Å². The summed E-state index contributed by atoms with van der Waals surface area (Å²) >= 11 is 0. The number of pyridine rings is 1. The molecule has 1 aliphatic rings. The lowest BCUT2D eigenvalue weighted by Crippen LogP contribution is -2.50. The molecule has 0 aliphatic carbocycles. The lowest BCUT2D eigenvalue weighted by Gasteiger charge is -2.38. The van der Waals surface area contributed by atoms with Crippen molar-refractivity contribution in [2.24, 2.45) is 0 Å². The molecule has 0 amide bonds. The Kier molecular flexibility index (Phi) is 4.92. The van der Waals surface area contributed by atoms with E-state index in [1.54, 1.807) is 6.20 Å². The van der Waals surface area contributed by atoms with Crippen LogP contribution >= 0.6 is 0 Å². The van der Waals surface area contributed by atoms with Gasteiger partial charge in [0.15, 0.2) is 5.69 Å². The molecule has 5 nitrogen and oxygen atoms in total. The van der Waals surface area contributed by atoms with Gasteiger partial charge in [-0.1, -0.05) is 13.3 Å². The molecule has 1 fully saturated rings. The maximum Gasteiger partial charge on any atom is 0.163 e. The molecule has 1 aromatic rings. The van der Waals surface area contributed by atoms with Crippen LogP contribution in [0.1, 0.15) is 25.5 Å². The standard InChI is InChI=1S/C15H19N5/c1-2-4-13(11-16)19-7-9-20(10-8-19)15-5-3-6-18-14(15)12-17/h3,5-6,13H,2,4,7-10H2,1H3. The molecule has 0 spiro atoms. The molecule has 5 heteroatoms. The largest absolute Gasteiger partial charge is 0.367 e. The van der Waals surface area contributed by atoms with Gasteiger partial charge >= 0.3 is 0 Å². The fourth-order valence-electron chi connectivity index (χ4n) is 2.61. The number of nitrogens with zero attached hydrogens (tertiary/aromatic N) is 5. The van der Waals surface area contributed by atoms with Crippen LogP contribution in [0.25, 0.3) is 0 Å². The first-order valence-electron chi connectivity index (χ1n) is 7.04. The minimum Gasteiger partial charge on any atom is -0.367 e.